The summed E-state index contributed by atoms with van der Waals surface area (Å²) in [4.78, 5) is 18.7. The second-order valence-electron chi connectivity index (χ2n) is 6.10. The van der Waals surface area contributed by atoms with E-state index in [9.17, 15) is 4.79 Å². The van der Waals surface area contributed by atoms with Crippen molar-refractivity contribution in [1.82, 2.24) is 19.8 Å². The normalized spacial score (nSPS) is 17.8. The van der Waals surface area contributed by atoms with Crippen LogP contribution in [0.15, 0.2) is 12.4 Å². The molecule has 2 rings (SSSR count). The Morgan fingerprint density at radius 3 is 2.86 bits per heavy atom. The molecule has 0 bridgehead atoms. The van der Waals surface area contributed by atoms with E-state index >= 15 is 0 Å². The molecule has 1 aliphatic carbocycles. The van der Waals surface area contributed by atoms with Gasteiger partial charge in [0.1, 0.15) is 11.4 Å². The van der Waals surface area contributed by atoms with E-state index in [1.54, 1.807) is 6.20 Å². The largest absolute Gasteiger partial charge is 0.465 e. The van der Waals surface area contributed by atoms with E-state index in [-0.39, 0.29) is 5.97 Å². The van der Waals surface area contributed by atoms with E-state index in [1.165, 1.54) is 0 Å². The molecule has 118 valence electrons. The van der Waals surface area contributed by atoms with Gasteiger partial charge in [0.25, 0.3) is 0 Å². The number of imidazole rings is 1. The first-order valence-electron chi connectivity index (χ1n) is 7.54. The van der Waals surface area contributed by atoms with Crippen LogP contribution in [-0.2, 0) is 23.1 Å². The molecule has 1 fully saturated rings. The molecule has 0 amide bonds. The van der Waals surface area contributed by atoms with Crippen molar-refractivity contribution in [2.75, 3.05) is 20.2 Å². The second-order valence-corrected chi connectivity index (χ2v) is 6.10. The van der Waals surface area contributed by atoms with Gasteiger partial charge >= 0.3 is 5.97 Å². The number of nitrogens with one attached hydrogen (secondary N) is 1. The van der Waals surface area contributed by atoms with E-state index in [1.807, 2.05) is 38.7 Å². The monoisotopic (exact) mass is 294 g/mol. The fraction of sp³-hybridized carbons (Fsp3) is 0.733. The fourth-order valence-electron chi connectivity index (χ4n) is 2.52. The van der Waals surface area contributed by atoms with Crippen LogP contribution in [0.4, 0.5) is 0 Å². The van der Waals surface area contributed by atoms with Gasteiger partial charge in [-0.2, -0.15) is 0 Å². The highest BCUT2D eigenvalue weighted by molar-refractivity contribution is 5.80. The number of esters is 1. The Labute approximate surface area is 126 Å². The zero-order valence-corrected chi connectivity index (χ0v) is 13.4. The number of carbonyl (C=O) groups excluding carboxylic acids is 1. The SMILES string of the molecule is CCOC(=O)C(C)(CN(C)Cc1nccn1C)NC1CC1. The highest BCUT2D eigenvalue weighted by atomic mass is 16.5. The van der Waals surface area contributed by atoms with Gasteiger partial charge in [-0.15, -0.1) is 0 Å². The van der Waals surface area contributed by atoms with Crippen LogP contribution in [0.5, 0.6) is 0 Å². The Hall–Kier alpha value is -1.40. The van der Waals surface area contributed by atoms with Crippen molar-refractivity contribution in [3.63, 3.8) is 0 Å². The predicted octanol–water partition coefficient (Wildman–Crippen LogP) is 0.926. The van der Waals surface area contributed by atoms with E-state index in [0.29, 0.717) is 25.7 Å². The third kappa shape index (κ3) is 4.28. The summed E-state index contributed by atoms with van der Waals surface area (Å²) in [5.74, 6) is 0.804. The summed E-state index contributed by atoms with van der Waals surface area (Å²) in [6.45, 7) is 5.47. The van der Waals surface area contributed by atoms with Crippen LogP contribution in [-0.4, -0.2) is 52.2 Å². The van der Waals surface area contributed by atoms with Gasteiger partial charge in [-0.1, -0.05) is 0 Å². The molecule has 1 heterocycles. The lowest BCUT2D eigenvalue weighted by molar-refractivity contribution is -0.151. The molecule has 1 atom stereocenters. The first kappa shape index (κ1) is 16.0. The molecule has 0 saturated heterocycles. The van der Waals surface area contributed by atoms with Gasteiger partial charge in [0.15, 0.2) is 0 Å². The maximum atomic E-state index is 12.3. The molecular formula is C15H26N4O2. The highest BCUT2D eigenvalue weighted by Crippen LogP contribution is 2.24. The van der Waals surface area contributed by atoms with Gasteiger partial charge in [-0.3, -0.25) is 15.0 Å². The molecule has 1 aromatic heterocycles. The Morgan fingerprint density at radius 2 is 2.33 bits per heavy atom. The van der Waals surface area contributed by atoms with Crippen molar-refractivity contribution >= 4 is 5.97 Å². The lowest BCUT2D eigenvalue weighted by Gasteiger charge is -2.32. The zero-order valence-electron chi connectivity index (χ0n) is 13.4. The summed E-state index contributed by atoms with van der Waals surface area (Å²) in [7, 11) is 3.98. The van der Waals surface area contributed by atoms with Crippen molar-refractivity contribution < 1.29 is 9.53 Å². The van der Waals surface area contributed by atoms with Crippen molar-refractivity contribution in [3.8, 4) is 0 Å². The average Bonchev–Trinajstić information content (AvgIpc) is 3.12. The summed E-state index contributed by atoms with van der Waals surface area (Å²) >= 11 is 0. The number of ether oxygens (including phenoxy) is 1. The van der Waals surface area contributed by atoms with Gasteiger partial charge in [0.2, 0.25) is 0 Å². The number of nitrogens with zero attached hydrogens (tertiary/aromatic N) is 3. The highest BCUT2D eigenvalue weighted by Gasteiger charge is 2.40. The van der Waals surface area contributed by atoms with Crippen LogP contribution in [0.2, 0.25) is 0 Å². The van der Waals surface area contributed by atoms with Crippen LogP contribution >= 0.6 is 0 Å². The average molecular weight is 294 g/mol. The number of likely N-dealkylation sites (N-methyl/N-ethyl adjacent to an activating group) is 1. The first-order valence-corrected chi connectivity index (χ1v) is 7.54. The Balaban J connectivity index is 1.99. The molecule has 0 spiro atoms. The van der Waals surface area contributed by atoms with Crippen LogP contribution in [0.1, 0.15) is 32.5 Å². The van der Waals surface area contributed by atoms with Crippen molar-refractivity contribution in [2.24, 2.45) is 7.05 Å². The predicted molar refractivity (Wildman–Crippen MR) is 80.7 cm³/mol. The first-order chi connectivity index (χ1) is 9.94. The quantitative estimate of drug-likeness (QED) is 0.723. The van der Waals surface area contributed by atoms with E-state index in [2.05, 4.69) is 15.2 Å². The molecule has 1 N–H and O–H groups in total. The van der Waals surface area contributed by atoms with Crippen LogP contribution in [0.3, 0.4) is 0 Å². The number of hydrogen-bond donors (Lipinski definition) is 1. The van der Waals surface area contributed by atoms with Crippen molar-refractivity contribution in [2.45, 2.75) is 44.8 Å². The van der Waals surface area contributed by atoms with Crippen molar-refractivity contribution in [3.05, 3.63) is 18.2 Å². The Kier molecular flexibility index (Phi) is 5.00. The van der Waals surface area contributed by atoms with Crippen LogP contribution in [0.25, 0.3) is 0 Å². The fourth-order valence-corrected chi connectivity index (χ4v) is 2.52. The second kappa shape index (κ2) is 6.58. The van der Waals surface area contributed by atoms with Gasteiger partial charge in [-0.25, -0.2) is 4.98 Å². The third-order valence-electron chi connectivity index (χ3n) is 3.74. The molecule has 0 aromatic carbocycles. The minimum absolute atomic E-state index is 0.177. The number of carbonyl (C=O) groups is 1. The summed E-state index contributed by atoms with van der Waals surface area (Å²) in [6.07, 6.45) is 5.99. The lowest BCUT2D eigenvalue weighted by Crippen LogP contribution is -2.57. The molecule has 1 aliphatic rings. The summed E-state index contributed by atoms with van der Waals surface area (Å²) in [5.41, 5.74) is -0.670. The van der Waals surface area contributed by atoms with Crippen molar-refractivity contribution in [1.29, 1.82) is 0 Å². The van der Waals surface area contributed by atoms with Gasteiger partial charge in [0, 0.05) is 32.0 Å². The smallest absolute Gasteiger partial charge is 0.327 e. The minimum atomic E-state index is -0.670. The molecule has 1 saturated carbocycles. The maximum absolute atomic E-state index is 12.3. The molecule has 1 aromatic rings. The molecule has 6 heteroatoms. The molecule has 6 nitrogen and oxygen atoms in total. The maximum Gasteiger partial charge on any atom is 0.327 e. The molecule has 21 heavy (non-hydrogen) atoms. The van der Waals surface area contributed by atoms with Crippen LogP contribution < -0.4 is 5.32 Å². The number of hydrogen-bond acceptors (Lipinski definition) is 5. The van der Waals surface area contributed by atoms with Gasteiger partial charge in [0.05, 0.1) is 13.2 Å². The third-order valence-corrected chi connectivity index (χ3v) is 3.74. The summed E-state index contributed by atoms with van der Waals surface area (Å²) in [6, 6.07) is 0.445. The molecule has 0 aliphatic heterocycles. The molecule has 1 unspecified atom stereocenters. The Morgan fingerprint density at radius 1 is 1.62 bits per heavy atom. The van der Waals surface area contributed by atoms with Gasteiger partial charge in [-0.05, 0) is 33.7 Å². The van der Waals surface area contributed by atoms with Gasteiger partial charge < -0.3 is 9.30 Å². The number of aromatic nitrogens is 2. The molecule has 0 radical (unpaired) electrons. The van der Waals surface area contributed by atoms with E-state index in [0.717, 1.165) is 18.7 Å². The minimum Gasteiger partial charge on any atom is -0.465 e. The zero-order chi connectivity index (χ0) is 15.5. The van der Waals surface area contributed by atoms with E-state index < -0.39 is 5.54 Å². The summed E-state index contributed by atoms with van der Waals surface area (Å²) < 4.78 is 7.24. The van der Waals surface area contributed by atoms with Crippen LogP contribution in [0, 0.1) is 0 Å². The summed E-state index contributed by atoms with van der Waals surface area (Å²) in [5, 5.41) is 3.43. The van der Waals surface area contributed by atoms with E-state index in [4.69, 9.17) is 4.74 Å². The molecular weight excluding hydrogens is 268 g/mol. The Bertz CT molecular complexity index is 484. The number of aryl methyl sites for hydroxylation is 1. The standard InChI is InChI=1S/C15H26N4O2/c1-5-21-14(20)15(2,17-12-6-7-12)11-18(3)10-13-16-8-9-19(13)4/h8-9,12,17H,5-7,10-11H2,1-4H3. The lowest BCUT2D eigenvalue weighted by atomic mass is 10.0. The topological polar surface area (TPSA) is 59.4 Å². The number of rotatable bonds is 8.